The van der Waals surface area contributed by atoms with E-state index in [0.717, 1.165) is 6.42 Å². The van der Waals surface area contributed by atoms with Gasteiger partial charge in [0.25, 0.3) is 0 Å². The fourth-order valence-corrected chi connectivity index (χ4v) is 0.454. The molecular formula is C9H19N3. The Morgan fingerprint density at radius 2 is 2.00 bits per heavy atom. The van der Waals surface area contributed by atoms with E-state index in [2.05, 4.69) is 10.4 Å². The summed E-state index contributed by atoms with van der Waals surface area (Å²) in [7, 11) is 1.86. The number of hydrogen-bond donors (Lipinski definition) is 2. The molecule has 12 heavy (non-hydrogen) atoms. The van der Waals surface area contributed by atoms with E-state index in [-0.39, 0.29) is 0 Å². The van der Waals surface area contributed by atoms with E-state index in [4.69, 9.17) is 5.84 Å². The highest BCUT2D eigenvalue weighted by atomic mass is 15.1. The summed E-state index contributed by atoms with van der Waals surface area (Å²) in [4.78, 5) is 0. The van der Waals surface area contributed by atoms with Crippen LogP contribution in [0.15, 0.2) is 29.5 Å². The molecular weight excluding hydrogens is 150 g/mol. The van der Waals surface area contributed by atoms with Gasteiger partial charge in [0.2, 0.25) is 0 Å². The lowest BCUT2D eigenvalue weighted by atomic mass is 10.4. The minimum absolute atomic E-state index is 0.896. The minimum Gasteiger partial charge on any atom is -0.394 e. The molecule has 0 amide bonds. The van der Waals surface area contributed by atoms with Crippen molar-refractivity contribution in [3.8, 4) is 0 Å². The number of nitrogens with two attached hydrogens (primary N) is 1. The number of nitrogens with one attached hydrogen (secondary N) is 1. The zero-order valence-corrected chi connectivity index (χ0v) is 8.12. The largest absolute Gasteiger partial charge is 0.394 e. The van der Waals surface area contributed by atoms with Gasteiger partial charge < -0.3 is 11.2 Å². The third-order valence-corrected chi connectivity index (χ3v) is 0.865. The fraction of sp³-hybridized carbons (Fsp3) is 0.444. The van der Waals surface area contributed by atoms with Gasteiger partial charge in [0, 0.05) is 13.3 Å². The molecule has 0 aliphatic carbocycles. The van der Waals surface area contributed by atoms with Crippen molar-refractivity contribution >= 4 is 6.21 Å². The smallest absolute Gasteiger partial charge is 0.0462 e. The second-order valence-corrected chi connectivity index (χ2v) is 1.65. The van der Waals surface area contributed by atoms with Gasteiger partial charge >= 0.3 is 0 Å². The van der Waals surface area contributed by atoms with Crippen molar-refractivity contribution in [2.24, 2.45) is 10.9 Å². The summed E-state index contributed by atoms with van der Waals surface area (Å²) in [5, 5.41) is 6.19. The van der Waals surface area contributed by atoms with Crippen LogP contribution in [0.5, 0.6) is 0 Å². The van der Waals surface area contributed by atoms with E-state index in [9.17, 15) is 0 Å². The van der Waals surface area contributed by atoms with Crippen LogP contribution < -0.4 is 11.2 Å². The van der Waals surface area contributed by atoms with Crippen molar-refractivity contribution in [3.63, 3.8) is 0 Å². The highest BCUT2D eigenvalue weighted by Gasteiger charge is 1.66. The minimum atomic E-state index is 0.896. The number of hydrazone groups is 1. The summed E-state index contributed by atoms with van der Waals surface area (Å²) in [5.74, 6) is 4.86. The Morgan fingerprint density at radius 1 is 1.33 bits per heavy atom. The second kappa shape index (κ2) is 16.4. The third kappa shape index (κ3) is 15.9. The Morgan fingerprint density at radius 3 is 2.50 bits per heavy atom. The van der Waals surface area contributed by atoms with Gasteiger partial charge in [-0.2, -0.15) is 5.10 Å². The lowest BCUT2D eigenvalue weighted by Crippen LogP contribution is -1.90. The highest BCUT2D eigenvalue weighted by Crippen LogP contribution is 1.81. The number of nitrogens with zero attached hydrogens (tertiary/aromatic N) is 1. The van der Waals surface area contributed by atoms with Crippen molar-refractivity contribution < 1.29 is 0 Å². The van der Waals surface area contributed by atoms with Gasteiger partial charge in [-0.15, -0.1) is 0 Å². The molecule has 0 bridgehead atoms. The predicted octanol–water partition coefficient (Wildman–Crippen LogP) is 1.64. The maximum absolute atomic E-state index is 4.86. The van der Waals surface area contributed by atoms with Gasteiger partial charge in [-0.05, 0) is 18.7 Å². The van der Waals surface area contributed by atoms with E-state index in [0.29, 0.717) is 0 Å². The van der Waals surface area contributed by atoms with Crippen LogP contribution in [0.4, 0.5) is 0 Å². The molecule has 0 rings (SSSR count). The van der Waals surface area contributed by atoms with Crippen molar-refractivity contribution in [1.82, 2.24) is 5.32 Å². The molecule has 0 aliphatic rings. The first-order chi connectivity index (χ1) is 5.91. The van der Waals surface area contributed by atoms with Crippen LogP contribution in [-0.4, -0.2) is 13.3 Å². The van der Waals surface area contributed by atoms with Crippen molar-refractivity contribution in [1.29, 1.82) is 0 Å². The van der Waals surface area contributed by atoms with Crippen LogP contribution in [0.3, 0.4) is 0 Å². The van der Waals surface area contributed by atoms with Gasteiger partial charge in [0.1, 0.15) is 0 Å². The first-order valence-electron chi connectivity index (χ1n) is 4.12. The number of rotatable bonds is 4. The quantitative estimate of drug-likeness (QED) is 0.382. The van der Waals surface area contributed by atoms with Crippen LogP contribution in [0, 0.1) is 0 Å². The zero-order chi connectivity index (χ0) is 9.66. The summed E-state index contributed by atoms with van der Waals surface area (Å²) in [6.07, 6.45) is 10.1. The summed E-state index contributed by atoms with van der Waals surface area (Å²) in [5.41, 5.74) is 0. The predicted molar refractivity (Wildman–Crippen MR) is 56.0 cm³/mol. The van der Waals surface area contributed by atoms with Crippen LogP contribution in [-0.2, 0) is 0 Å². The van der Waals surface area contributed by atoms with Crippen LogP contribution >= 0.6 is 0 Å². The lowest BCUT2D eigenvalue weighted by molar-refractivity contribution is 1.09. The first kappa shape index (κ1) is 13.3. The van der Waals surface area contributed by atoms with Crippen molar-refractivity contribution in [2.75, 3.05) is 7.05 Å². The molecule has 0 spiro atoms. The van der Waals surface area contributed by atoms with Crippen LogP contribution in [0.25, 0.3) is 0 Å². The van der Waals surface area contributed by atoms with Gasteiger partial charge in [0.05, 0.1) is 0 Å². The average molecular weight is 169 g/mol. The summed E-state index contributed by atoms with van der Waals surface area (Å²) in [6, 6.07) is 0. The third-order valence-electron chi connectivity index (χ3n) is 0.865. The molecule has 0 aromatic rings. The molecule has 70 valence electrons. The molecule has 3 nitrogen and oxygen atoms in total. The summed E-state index contributed by atoms with van der Waals surface area (Å²) < 4.78 is 0. The highest BCUT2D eigenvalue weighted by molar-refractivity contribution is 5.70. The van der Waals surface area contributed by atoms with E-state index < -0.39 is 0 Å². The molecule has 0 aliphatic heterocycles. The molecule has 0 saturated carbocycles. The molecule has 0 saturated heterocycles. The van der Waals surface area contributed by atoms with Gasteiger partial charge in [0.15, 0.2) is 0 Å². The van der Waals surface area contributed by atoms with E-state index >= 15 is 0 Å². The second-order valence-electron chi connectivity index (χ2n) is 1.65. The average Bonchev–Trinajstić information content (AvgIpc) is 2.15. The molecule has 0 heterocycles. The molecule has 0 radical (unpaired) electrons. The molecule has 0 atom stereocenters. The van der Waals surface area contributed by atoms with Crippen molar-refractivity contribution in [3.05, 3.63) is 24.4 Å². The first-order valence-corrected chi connectivity index (χ1v) is 4.12. The maximum Gasteiger partial charge on any atom is 0.0462 e. The molecule has 3 N–H and O–H groups in total. The molecule has 0 aromatic heterocycles. The Balaban J connectivity index is 0. The summed E-state index contributed by atoms with van der Waals surface area (Å²) in [6.45, 7) is 4.00. The van der Waals surface area contributed by atoms with E-state index in [1.807, 2.05) is 39.2 Å². The Kier molecular flexibility index (Phi) is 18.2. The lowest BCUT2D eigenvalue weighted by Gasteiger charge is -1.82. The molecule has 0 fully saturated rings. The van der Waals surface area contributed by atoms with Gasteiger partial charge in [-0.1, -0.05) is 26.0 Å². The summed E-state index contributed by atoms with van der Waals surface area (Å²) >= 11 is 0. The van der Waals surface area contributed by atoms with E-state index in [1.54, 1.807) is 12.3 Å². The SMILES string of the molecule is CC.CN/C=C\C/C=C\C=N/N. The van der Waals surface area contributed by atoms with Crippen LogP contribution in [0.1, 0.15) is 20.3 Å². The topological polar surface area (TPSA) is 50.4 Å². The van der Waals surface area contributed by atoms with E-state index in [1.165, 1.54) is 0 Å². The number of allylic oxidation sites excluding steroid dienone is 3. The van der Waals surface area contributed by atoms with Gasteiger partial charge in [-0.3, -0.25) is 0 Å². The molecule has 0 unspecified atom stereocenters. The number of hydrogen-bond acceptors (Lipinski definition) is 3. The van der Waals surface area contributed by atoms with Gasteiger partial charge in [-0.25, -0.2) is 0 Å². The zero-order valence-electron chi connectivity index (χ0n) is 8.12. The molecule has 3 heteroatoms. The van der Waals surface area contributed by atoms with Crippen LogP contribution in [0.2, 0.25) is 0 Å². The monoisotopic (exact) mass is 169 g/mol. The molecule has 0 aromatic carbocycles. The normalized spacial score (nSPS) is 10.6. The standard InChI is InChI=1S/C7H13N3.C2H6/c1-9-6-4-2-3-5-7-10-8;1-2/h3-7,9H,2,8H2,1H3;1-2H3/b5-3-,6-4-,10-7-;. The Hall–Kier alpha value is -1.25. The Bertz CT molecular complexity index is 137. The fourth-order valence-electron chi connectivity index (χ4n) is 0.454. The maximum atomic E-state index is 4.86. The van der Waals surface area contributed by atoms with Crippen molar-refractivity contribution in [2.45, 2.75) is 20.3 Å². The Labute approximate surface area is 75.0 Å².